The van der Waals surface area contributed by atoms with Crippen molar-refractivity contribution in [3.05, 3.63) is 66.0 Å². The summed E-state index contributed by atoms with van der Waals surface area (Å²) < 4.78 is 0. The second kappa shape index (κ2) is 5.49. The van der Waals surface area contributed by atoms with Crippen molar-refractivity contribution in [3.8, 4) is 5.75 Å². The number of nitrogens with one attached hydrogen (secondary N) is 1. The van der Waals surface area contributed by atoms with E-state index in [1.54, 1.807) is 6.07 Å². The molecule has 1 heterocycles. The number of aromatic hydroxyl groups is 1. The van der Waals surface area contributed by atoms with Crippen molar-refractivity contribution in [1.82, 2.24) is 9.97 Å². The van der Waals surface area contributed by atoms with Gasteiger partial charge in [0.15, 0.2) is 0 Å². The minimum absolute atomic E-state index is 0.198. The molecule has 118 valence electrons. The third-order valence-electron chi connectivity index (χ3n) is 4.37. The number of aromatic nitrogens is 2. The summed E-state index contributed by atoms with van der Waals surface area (Å²) in [5.41, 5.74) is 3.89. The Kier molecular flexibility index (Phi) is 3.31. The van der Waals surface area contributed by atoms with Crippen LogP contribution in [0.1, 0.15) is 11.1 Å². The molecule has 0 aliphatic rings. The van der Waals surface area contributed by atoms with Crippen LogP contribution in [0.4, 0.5) is 11.5 Å². The van der Waals surface area contributed by atoms with Crippen molar-refractivity contribution in [1.29, 1.82) is 0 Å². The fraction of sp³-hybridized carbons (Fsp3) is 0.100. The zero-order valence-electron chi connectivity index (χ0n) is 13.5. The molecule has 2 N–H and O–H groups in total. The van der Waals surface area contributed by atoms with E-state index < -0.39 is 0 Å². The molecule has 3 aromatic carbocycles. The number of anilines is 2. The van der Waals surface area contributed by atoms with Crippen molar-refractivity contribution >= 4 is 33.2 Å². The van der Waals surface area contributed by atoms with Crippen LogP contribution in [0.5, 0.6) is 5.75 Å². The molecule has 4 nitrogen and oxygen atoms in total. The second-order valence-electron chi connectivity index (χ2n) is 6.02. The molecule has 24 heavy (non-hydrogen) atoms. The fourth-order valence-electron chi connectivity index (χ4n) is 2.87. The first-order valence-corrected chi connectivity index (χ1v) is 7.82. The second-order valence-corrected chi connectivity index (χ2v) is 6.02. The van der Waals surface area contributed by atoms with Gasteiger partial charge in [0, 0.05) is 5.39 Å². The van der Waals surface area contributed by atoms with Gasteiger partial charge >= 0.3 is 0 Å². The molecule has 0 spiro atoms. The minimum atomic E-state index is 0.198. The topological polar surface area (TPSA) is 58.0 Å². The van der Waals surface area contributed by atoms with Crippen molar-refractivity contribution in [2.45, 2.75) is 13.8 Å². The predicted molar refractivity (Wildman–Crippen MR) is 97.9 cm³/mol. The Morgan fingerprint density at radius 1 is 0.875 bits per heavy atom. The first-order valence-electron chi connectivity index (χ1n) is 7.82. The van der Waals surface area contributed by atoms with Crippen LogP contribution < -0.4 is 5.32 Å². The average Bonchev–Trinajstić information content (AvgIpc) is 2.57. The van der Waals surface area contributed by atoms with Gasteiger partial charge in [-0.15, -0.1) is 0 Å². The van der Waals surface area contributed by atoms with E-state index in [-0.39, 0.29) is 5.75 Å². The van der Waals surface area contributed by atoms with Gasteiger partial charge in [-0.05, 0) is 60.0 Å². The Balaban J connectivity index is 1.85. The van der Waals surface area contributed by atoms with Crippen LogP contribution in [0.2, 0.25) is 0 Å². The van der Waals surface area contributed by atoms with Crippen LogP contribution in [0.25, 0.3) is 21.7 Å². The van der Waals surface area contributed by atoms with Gasteiger partial charge in [-0.1, -0.05) is 24.3 Å². The number of phenolic OH excluding ortho intramolecular Hbond substituents is 1. The molecule has 0 aliphatic carbocycles. The van der Waals surface area contributed by atoms with E-state index in [1.165, 1.54) is 17.5 Å². The molecule has 4 heteroatoms. The number of aryl methyl sites for hydroxylation is 2. The highest BCUT2D eigenvalue weighted by Gasteiger charge is 2.09. The van der Waals surface area contributed by atoms with Gasteiger partial charge in [0.25, 0.3) is 0 Å². The van der Waals surface area contributed by atoms with E-state index >= 15 is 0 Å². The molecule has 0 aliphatic heterocycles. The standard InChI is InChI=1S/C20H17N3O/c1-12-7-16-17(8-13(12)2)21-11-22-20(16)23-18-9-14-5-3-4-6-15(14)10-19(18)24/h3-11,24H,1-2H3,(H,21,22,23). The van der Waals surface area contributed by atoms with Gasteiger partial charge in [0.2, 0.25) is 0 Å². The van der Waals surface area contributed by atoms with E-state index in [0.29, 0.717) is 11.5 Å². The summed E-state index contributed by atoms with van der Waals surface area (Å²) in [6.45, 7) is 4.14. The van der Waals surface area contributed by atoms with E-state index in [9.17, 15) is 5.11 Å². The molecule has 1 aromatic heterocycles. The lowest BCUT2D eigenvalue weighted by Crippen LogP contribution is -1.97. The first kappa shape index (κ1) is 14.5. The van der Waals surface area contributed by atoms with Crippen LogP contribution >= 0.6 is 0 Å². The number of rotatable bonds is 2. The Hall–Kier alpha value is -3.14. The number of fused-ring (bicyclic) bond motifs is 2. The summed E-state index contributed by atoms with van der Waals surface area (Å²) in [6.07, 6.45) is 1.54. The highest BCUT2D eigenvalue weighted by atomic mass is 16.3. The molecule has 0 fully saturated rings. The molecule has 0 amide bonds. The molecule has 0 saturated heterocycles. The third kappa shape index (κ3) is 2.42. The largest absolute Gasteiger partial charge is 0.506 e. The van der Waals surface area contributed by atoms with Crippen LogP contribution in [0.15, 0.2) is 54.9 Å². The third-order valence-corrected chi connectivity index (χ3v) is 4.37. The first-order chi connectivity index (χ1) is 11.6. The molecular formula is C20H17N3O. The highest BCUT2D eigenvalue weighted by molar-refractivity contribution is 5.94. The predicted octanol–water partition coefficient (Wildman–Crippen LogP) is 4.85. The number of nitrogens with zero attached hydrogens (tertiary/aromatic N) is 2. The lowest BCUT2D eigenvalue weighted by Gasteiger charge is -2.12. The van der Waals surface area contributed by atoms with Crippen LogP contribution in [0.3, 0.4) is 0 Å². The monoisotopic (exact) mass is 315 g/mol. The summed E-state index contributed by atoms with van der Waals surface area (Å²) in [5, 5.41) is 16.6. The highest BCUT2D eigenvalue weighted by Crippen LogP contribution is 2.33. The maximum Gasteiger partial charge on any atom is 0.141 e. The van der Waals surface area contributed by atoms with Gasteiger partial charge in [-0.2, -0.15) is 0 Å². The van der Waals surface area contributed by atoms with Crippen molar-refractivity contribution in [2.75, 3.05) is 5.32 Å². The molecule has 0 atom stereocenters. The van der Waals surface area contributed by atoms with Gasteiger partial charge in [0.1, 0.15) is 17.9 Å². The fourth-order valence-corrected chi connectivity index (χ4v) is 2.87. The lowest BCUT2D eigenvalue weighted by atomic mass is 10.1. The average molecular weight is 315 g/mol. The van der Waals surface area contributed by atoms with Gasteiger partial charge < -0.3 is 10.4 Å². The van der Waals surface area contributed by atoms with Crippen molar-refractivity contribution in [2.24, 2.45) is 0 Å². The smallest absolute Gasteiger partial charge is 0.141 e. The van der Waals surface area contributed by atoms with Crippen LogP contribution in [-0.2, 0) is 0 Å². The molecule has 4 aromatic rings. The molecular weight excluding hydrogens is 298 g/mol. The van der Waals surface area contributed by atoms with E-state index in [1.807, 2.05) is 30.3 Å². The Morgan fingerprint density at radius 3 is 2.38 bits per heavy atom. The zero-order chi connectivity index (χ0) is 16.7. The summed E-state index contributed by atoms with van der Waals surface area (Å²) >= 11 is 0. The summed E-state index contributed by atoms with van der Waals surface area (Å²) in [4.78, 5) is 8.70. The van der Waals surface area contributed by atoms with Gasteiger partial charge in [0.05, 0.1) is 11.2 Å². The molecule has 0 unspecified atom stereocenters. The van der Waals surface area contributed by atoms with E-state index in [2.05, 4.69) is 41.3 Å². The van der Waals surface area contributed by atoms with Crippen LogP contribution in [0, 0.1) is 13.8 Å². The summed E-state index contributed by atoms with van der Waals surface area (Å²) in [6, 6.07) is 15.8. The molecule has 4 rings (SSSR count). The number of hydrogen-bond acceptors (Lipinski definition) is 4. The number of phenols is 1. The minimum Gasteiger partial charge on any atom is -0.506 e. The van der Waals surface area contributed by atoms with Crippen molar-refractivity contribution in [3.63, 3.8) is 0 Å². The lowest BCUT2D eigenvalue weighted by molar-refractivity contribution is 0.478. The molecule has 0 radical (unpaired) electrons. The number of benzene rings is 3. The summed E-state index contributed by atoms with van der Waals surface area (Å²) in [5.74, 6) is 0.887. The van der Waals surface area contributed by atoms with Gasteiger partial charge in [-0.25, -0.2) is 9.97 Å². The maximum atomic E-state index is 10.3. The zero-order valence-corrected chi connectivity index (χ0v) is 13.5. The van der Waals surface area contributed by atoms with E-state index in [0.717, 1.165) is 21.7 Å². The summed E-state index contributed by atoms with van der Waals surface area (Å²) in [7, 11) is 0. The van der Waals surface area contributed by atoms with E-state index in [4.69, 9.17) is 0 Å². The Labute approximate surface area is 139 Å². The van der Waals surface area contributed by atoms with Crippen molar-refractivity contribution < 1.29 is 5.11 Å². The van der Waals surface area contributed by atoms with Gasteiger partial charge in [-0.3, -0.25) is 0 Å². The molecule has 0 bridgehead atoms. The Bertz CT molecular complexity index is 1070. The normalized spacial score (nSPS) is 11.1. The maximum absolute atomic E-state index is 10.3. The molecule has 0 saturated carbocycles. The number of hydrogen-bond donors (Lipinski definition) is 2. The SMILES string of the molecule is Cc1cc2ncnc(Nc3cc4ccccc4cc3O)c2cc1C. The van der Waals surface area contributed by atoms with Crippen LogP contribution in [-0.4, -0.2) is 15.1 Å². The Morgan fingerprint density at radius 2 is 1.58 bits per heavy atom. The quantitative estimate of drug-likeness (QED) is 0.519.